The number of likely N-dealkylation sites (tertiary alicyclic amines) is 1. The molecule has 1 aromatic rings. The lowest BCUT2D eigenvalue weighted by Crippen LogP contribution is -2.35. The fourth-order valence-corrected chi connectivity index (χ4v) is 2.33. The van der Waals surface area contributed by atoms with E-state index in [0.29, 0.717) is 25.1 Å². The molecule has 20 heavy (non-hydrogen) atoms. The average Bonchev–Trinajstić information content (AvgIpc) is 2.77. The molecular weight excluding hydrogens is 295 g/mol. The number of carboxylic acid groups (broad SMARTS) is 1. The van der Waals surface area contributed by atoms with Crippen molar-refractivity contribution in [3.8, 4) is 0 Å². The Morgan fingerprint density at radius 3 is 2.40 bits per heavy atom. The lowest BCUT2D eigenvalue weighted by Gasteiger charge is -2.21. The fraction of sp³-hybridized carbons (Fsp3) is 0.462. The van der Waals surface area contributed by atoms with Crippen LogP contribution in [0.2, 0.25) is 0 Å². The molecule has 3 nitrogen and oxygen atoms in total. The van der Waals surface area contributed by atoms with Gasteiger partial charge in [0.15, 0.2) is 0 Å². The maximum absolute atomic E-state index is 12.4. The van der Waals surface area contributed by atoms with Crippen molar-refractivity contribution in [2.24, 2.45) is 0 Å². The number of carboxylic acids is 1. The van der Waals surface area contributed by atoms with Crippen LogP contribution in [0.4, 0.5) is 13.2 Å². The molecule has 1 heterocycles. The molecule has 1 aliphatic heterocycles. The molecule has 1 saturated heterocycles. The van der Waals surface area contributed by atoms with Gasteiger partial charge in [0.2, 0.25) is 0 Å². The minimum atomic E-state index is -4.34. The Balaban J connectivity index is 0.00000200. The normalized spacial score (nSPS) is 19.6. The summed E-state index contributed by atoms with van der Waals surface area (Å²) in [7, 11) is 0. The first-order valence-corrected chi connectivity index (χ1v) is 6.01. The third kappa shape index (κ3) is 3.86. The molecule has 0 radical (unpaired) electrons. The minimum absolute atomic E-state index is 0. The molecule has 2 rings (SSSR count). The fourth-order valence-electron chi connectivity index (χ4n) is 2.33. The zero-order valence-corrected chi connectivity index (χ0v) is 11.4. The summed E-state index contributed by atoms with van der Waals surface area (Å²) in [5.74, 6) is -0.871. The van der Waals surface area contributed by atoms with Gasteiger partial charge in [-0.05, 0) is 37.1 Å². The molecule has 0 aromatic heterocycles. The lowest BCUT2D eigenvalue weighted by molar-refractivity contribution is -0.142. The molecule has 0 amide bonds. The molecule has 0 aliphatic carbocycles. The first kappa shape index (κ1) is 16.8. The maximum Gasteiger partial charge on any atom is 0.416 e. The van der Waals surface area contributed by atoms with Crippen molar-refractivity contribution in [2.45, 2.75) is 31.6 Å². The highest BCUT2D eigenvalue weighted by Crippen LogP contribution is 2.29. The van der Waals surface area contributed by atoms with Crippen LogP contribution in [-0.2, 0) is 17.5 Å². The predicted octanol–water partition coefficient (Wildman–Crippen LogP) is 3.18. The molecule has 0 saturated carbocycles. The summed E-state index contributed by atoms with van der Waals surface area (Å²) in [4.78, 5) is 12.8. The van der Waals surface area contributed by atoms with E-state index in [9.17, 15) is 18.0 Å². The summed E-state index contributed by atoms with van der Waals surface area (Å²) in [6.45, 7) is 1.03. The molecule has 0 bridgehead atoms. The number of benzene rings is 1. The van der Waals surface area contributed by atoms with Gasteiger partial charge in [0.05, 0.1) is 5.56 Å². The van der Waals surface area contributed by atoms with Gasteiger partial charge >= 0.3 is 12.1 Å². The molecular formula is C13H15ClF3NO2. The number of halogens is 4. The van der Waals surface area contributed by atoms with Crippen molar-refractivity contribution in [2.75, 3.05) is 6.54 Å². The molecule has 1 aromatic carbocycles. The van der Waals surface area contributed by atoms with Crippen LogP contribution in [0.25, 0.3) is 0 Å². The second-order valence-electron chi connectivity index (χ2n) is 4.66. The SMILES string of the molecule is Cl.O=C(O)C1CCCN1Cc1ccc(C(F)(F)F)cc1. The van der Waals surface area contributed by atoms with Crippen LogP contribution in [0.15, 0.2) is 24.3 Å². The summed E-state index contributed by atoms with van der Waals surface area (Å²) in [6.07, 6.45) is -2.94. The molecule has 112 valence electrons. The van der Waals surface area contributed by atoms with Gasteiger partial charge in [0.25, 0.3) is 0 Å². The van der Waals surface area contributed by atoms with Gasteiger partial charge in [0, 0.05) is 6.54 Å². The van der Waals surface area contributed by atoms with Gasteiger partial charge in [-0.1, -0.05) is 12.1 Å². The van der Waals surface area contributed by atoms with Crippen molar-refractivity contribution in [3.05, 3.63) is 35.4 Å². The van der Waals surface area contributed by atoms with Crippen LogP contribution in [0, 0.1) is 0 Å². The topological polar surface area (TPSA) is 40.5 Å². The van der Waals surface area contributed by atoms with Gasteiger partial charge in [0.1, 0.15) is 6.04 Å². The van der Waals surface area contributed by atoms with E-state index in [1.165, 1.54) is 12.1 Å². The van der Waals surface area contributed by atoms with Gasteiger partial charge in [-0.2, -0.15) is 13.2 Å². The van der Waals surface area contributed by atoms with Crippen molar-refractivity contribution >= 4 is 18.4 Å². The third-order valence-corrected chi connectivity index (χ3v) is 3.32. The lowest BCUT2D eigenvalue weighted by atomic mass is 10.1. The third-order valence-electron chi connectivity index (χ3n) is 3.32. The van der Waals surface area contributed by atoms with Crippen LogP contribution in [0.5, 0.6) is 0 Å². The van der Waals surface area contributed by atoms with Crippen LogP contribution in [-0.4, -0.2) is 28.6 Å². The molecule has 7 heteroatoms. The zero-order valence-electron chi connectivity index (χ0n) is 10.6. The van der Waals surface area contributed by atoms with Crippen molar-refractivity contribution in [3.63, 3.8) is 0 Å². The van der Waals surface area contributed by atoms with Crippen molar-refractivity contribution in [1.82, 2.24) is 4.90 Å². The molecule has 1 atom stereocenters. The van der Waals surface area contributed by atoms with Crippen LogP contribution >= 0.6 is 12.4 Å². The number of alkyl halides is 3. The summed E-state index contributed by atoms with van der Waals surface area (Å²) in [5, 5.41) is 9.02. The second kappa shape index (κ2) is 6.45. The van der Waals surface area contributed by atoms with Crippen LogP contribution < -0.4 is 0 Å². The number of hydrogen-bond acceptors (Lipinski definition) is 2. The smallest absolute Gasteiger partial charge is 0.416 e. The van der Waals surface area contributed by atoms with Gasteiger partial charge in [-0.15, -0.1) is 12.4 Å². The van der Waals surface area contributed by atoms with E-state index in [1.807, 2.05) is 0 Å². The highest BCUT2D eigenvalue weighted by molar-refractivity contribution is 5.85. The molecule has 1 fully saturated rings. The van der Waals surface area contributed by atoms with E-state index in [0.717, 1.165) is 18.6 Å². The Kier molecular flexibility index (Phi) is 5.42. The molecule has 1 aliphatic rings. The summed E-state index contributed by atoms with van der Waals surface area (Å²) < 4.78 is 37.2. The van der Waals surface area contributed by atoms with Crippen LogP contribution in [0.3, 0.4) is 0 Å². The highest BCUT2D eigenvalue weighted by atomic mass is 35.5. The monoisotopic (exact) mass is 309 g/mol. The average molecular weight is 310 g/mol. The number of rotatable bonds is 3. The first-order valence-electron chi connectivity index (χ1n) is 6.01. The van der Waals surface area contributed by atoms with E-state index >= 15 is 0 Å². The summed E-state index contributed by atoms with van der Waals surface area (Å²) >= 11 is 0. The number of aliphatic carboxylic acids is 1. The van der Waals surface area contributed by atoms with E-state index in [4.69, 9.17) is 5.11 Å². The Bertz CT molecular complexity index is 462. The molecule has 1 unspecified atom stereocenters. The number of carbonyl (C=O) groups is 1. The van der Waals surface area contributed by atoms with Crippen molar-refractivity contribution < 1.29 is 23.1 Å². The standard InChI is InChI=1S/C13H14F3NO2.ClH/c14-13(15,16)10-5-3-9(4-6-10)8-17-7-1-2-11(17)12(18)19;/h3-6,11H,1-2,7-8H2,(H,18,19);1H. The molecule has 1 N–H and O–H groups in total. The largest absolute Gasteiger partial charge is 0.480 e. The Labute approximate surface area is 120 Å². The Morgan fingerprint density at radius 2 is 1.90 bits per heavy atom. The van der Waals surface area contributed by atoms with E-state index < -0.39 is 23.8 Å². The van der Waals surface area contributed by atoms with Crippen LogP contribution in [0.1, 0.15) is 24.0 Å². The quantitative estimate of drug-likeness (QED) is 0.932. The number of hydrogen-bond donors (Lipinski definition) is 1. The maximum atomic E-state index is 12.4. The summed E-state index contributed by atoms with van der Waals surface area (Å²) in [5.41, 5.74) is 0.00797. The van der Waals surface area contributed by atoms with Gasteiger partial charge in [-0.25, -0.2) is 0 Å². The minimum Gasteiger partial charge on any atom is -0.480 e. The second-order valence-corrected chi connectivity index (χ2v) is 4.66. The zero-order chi connectivity index (χ0) is 14.0. The van der Waals surface area contributed by atoms with E-state index in [2.05, 4.69) is 0 Å². The van der Waals surface area contributed by atoms with E-state index in [-0.39, 0.29) is 12.4 Å². The van der Waals surface area contributed by atoms with Crippen molar-refractivity contribution in [1.29, 1.82) is 0 Å². The highest BCUT2D eigenvalue weighted by Gasteiger charge is 2.31. The van der Waals surface area contributed by atoms with Gasteiger partial charge < -0.3 is 5.11 Å². The van der Waals surface area contributed by atoms with E-state index in [1.54, 1.807) is 4.90 Å². The first-order chi connectivity index (χ1) is 8.88. The summed E-state index contributed by atoms with van der Waals surface area (Å²) in [6, 6.07) is 4.34. The Hall–Kier alpha value is -1.27. The predicted molar refractivity (Wildman–Crippen MR) is 69.8 cm³/mol. The van der Waals surface area contributed by atoms with Gasteiger partial charge in [-0.3, -0.25) is 9.69 Å². The number of nitrogens with zero attached hydrogens (tertiary/aromatic N) is 1. The Morgan fingerprint density at radius 1 is 1.30 bits per heavy atom. The molecule has 0 spiro atoms.